The molecule has 0 aliphatic carbocycles. The second-order valence-corrected chi connectivity index (χ2v) is 4.84. The molecular formula is C18H12N2O2. The van der Waals surface area contributed by atoms with E-state index in [1.54, 1.807) is 12.5 Å². The van der Waals surface area contributed by atoms with Crippen molar-refractivity contribution in [3.8, 4) is 34.0 Å². The van der Waals surface area contributed by atoms with E-state index in [9.17, 15) is 0 Å². The Bertz CT molecular complexity index is 880. The second kappa shape index (κ2) is 5.33. The maximum Gasteiger partial charge on any atom is 0.266 e. The summed E-state index contributed by atoms with van der Waals surface area (Å²) in [5.74, 6) is 0.962. The number of hydrogen-bond donors (Lipinski definition) is 0. The molecule has 2 aromatic heterocycles. The molecule has 4 nitrogen and oxygen atoms in total. The summed E-state index contributed by atoms with van der Waals surface area (Å²) in [6, 6.07) is 19.8. The van der Waals surface area contributed by atoms with Crippen molar-refractivity contribution in [1.82, 2.24) is 10.1 Å². The zero-order chi connectivity index (χ0) is 14.8. The molecule has 106 valence electrons. The van der Waals surface area contributed by atoms with Crippen molar-refractivity contribution in [1.29, 1.82) is 0 Å². The molecule has 4 rings (SSSR count). The first kappa shape index (κ1) is 12.6. The summed E-state index contributed by atoms with van der Waals surface area (Å²) in [6.07, 6.45) is 3.30. The Morgan fingerprint density at radius 3 is 2.18 bits per heavy atom. The molecule has 0 radical (unpaired) electrons. The van der Waals surface area contributed by atoms with E-state index in [1.165, 1.54) is 0 Å². The maximum atomic E-state index is 5.58. The van der Waals surface area contributed by atoms with Crippen LogP contribution in [0.1, 0.15) is 0 Å². The number of aromatic nitrogens is 2. The highest BCUT2D eigenvalue weighted by molar-refractivity contribution is 5.76. The Morgan fingerprint density at radius 2 is 1.45 bits per heavy atom. The Hall–Kier alpha value is -3.14. The third kappa shape index (κ3) is 2.20. The van der Waals surface area contributed by atoms with Crippen molar-refractivity contribution < 1.29 is 8.94 Å². The minimum atomic E-state index is 0.426. The molecule has 4 heteroatoms. The maximum absolute atomic E-state index is 5.58. The fourth-order valence-corrected chi connectivity index (χ4v) is 2.34. The molecule has 0 aliphatic rings. The lowest BCUT2D eigenvalue weighted by Gasteiger charge is -1.97. The van der Waals surface area contributed by atoms with Gasteiger partial charge in [-0.3, -0.25) is 0 Å². The highest BCUT2D eigenvalue weighted by Gasteiger charge is 2.18. The fraction of sp³-hybridized carbons (Fsp3) is 0. The highest BCUT2D eigenvalue weighted by Crippen LogP contribution is 2.32. The summed E-state index contributed by atoms with van der Waals surface area (Å²) >= 11 is 0. The third-order valence-corrected chi connectivity index (χ3v) is 3.42. The smallest absolute Gasteiger partial charge is 0.266 e. The number of nitrogens with zero attached hydrogens (tertiary/aromatic N) is 2. The van der Waals surface area contributed by atoms with Crippen molar-refractivity contribution in [2.24, 2.45) is 0 Å². The summed E-state index contributed by atoms with van der Waals surface area (Å²) in [4.78, 5) is 4.51. The van der Waals surface area contributed by atoms with Gasteiger partial charge in [0.05, 0.1) is 11.8 Å². The van der Waals surface area contributed by atoms with Gasteiger partial charge in [-0.05, 0) is 5.56 Å². The zero-order valence-electron chi connectivity index (χ0n) is 11.6. The predicted molar refractivity (Wildman–Crippen MR) is 82.9 cm³/mol. The van der Waals surface area contributed by atoms with E-state index in [-0.39, 0.29) is 0 Å². The molecule has 0 atom stereocenters. The number of oxazole rings is 1. The van der Waals surface area contributed by atoms with Gasteiger partial charge in [-0.25, -0.2) is 4.98 Å². The lowest BCUT2D eigenvalue weighted by Crippen LogP contribution is -1.81. The first-order valence-corrected chi connectivity index (χ1v) is 6.93. The predicted octanol–water partition coefficient (Wildman–Crippen LogP) is 4.66. The number of rotatable bonds is 3. The summed E-state index contributed by atoms with van der Waals surface area (Å²) in [5, 5.41) is 3.88. The molecule has 0 fully saturated rings. The minimum absolute atomic E-state index is 0.426. The van der Waals surface area contributed by atoms with Crippen LogP contribution in [0, 0.1) is 0 Å². The zero-order valence-corrected chi connectivity index (χ0v) is 11.6. The molecule has 0 unspecified atom stereocenters. The van der Waals surface area contributed by atoms with Crippen LogP contribution in [0.3, 0.4) is 0 Å². The first-order chi connectivity index (χ1) is 10.9. The number of benzene rings is 2. The quantitative estimate of drug-likeness (QED) is 0.550. The van der Waals surface area contributed by atoms with Gasteiger partial charge >= 0.3 is 0 Å². The van der Waals surface area contributed by atoms with Gasteiger partial charge in [-0.1, -0.05) is 65.8 Å². The van der Waals surface area contributed by atoms with E-state index < -0.39 is 0 Å². The van der Waals surface area contributed by atoms with Crippen LogP contribution >= 0.6 is 0 Å². The van der Waals surface area contributed by atoms with Crippen molar-refractivity contribution in [2.75, 3.05) is 0 Å². The monoisotopic (exact) mass is 288 g/mol. The summed E-state index contributed by atoms with van der Waals surface area (Å²) in [7, 11) is 0. The van der Waals surface area contributed by atoms with Crippen LogP contribution < -0.4 is 0 Å². The average molecular weight is 288 g/mol. The topological polar surface area (TPSA) is 52.1 Å². The summed E-state index contributed by atoms with van der Waals surface area (Å²) < 4.78 is 10.9. The molecule has 0 N–H and O–H groups in total. The lowest BCUT2D eigenvalue weighted by molar-refractivity contribution is 0.415. The fourth-order valence-electron chi connectivity index (χ4n) is 2.34. The van der Waals surface area contributed by atoms with Crippen LogP contribution in [0.4, 0.5) is 0 Å². The molecule has 0 amide bonds. The van der Waals surface area contributed by atoms with Gasteiger partial charge in [-0.2, -0.15) is 0 Å². The lowest BCUT2D eigenvalue weighted by atomic mass is 10.1. The minimum Gasteiger partial charge on any atom is -0.441 e. The molecule has 0 spiro atoms. The Labute approximate surface area is 127 Å². The Balaban J connectivity index is 1.76. The van der Waals surface area contributed by atoms with Gasteiger partial charge in [0.2, 0.25) is 5.76 Å². The van der Waals surface area contributed by atoms with E-state index in [4.69, 9.17) is 8.94 Å². The van der Waals surface area contributed by atoms with Crippen LogP contribution in [0.25, 0.3) is 34.0 Å². The second-order valence-electron chi connectivity index (χ2n) is 4.84. The summed E-state index contributed by atoms with van der Waals surface area (Å²) in [5.41, 5.74) is 3.64. The highest BCUT2D eigenvalue weighted by atomic mass is 16.5. The van der Waals surface area contributed by atoms with Gasteiger partial charge in [0.25, 0.3) is 5.89 Å². The van der Waals surface area contributed by atoms with Crippen LogP contribution in [-0.4, -0.2) is 10.1 Å². The van der Waals surface area contributed by atoms with Crippen LogP contribution in [0.2, 0.25) is 0 Å². The van der Waals surface area contributed by atoms with Gasteiger partial charge in [0.1, 0.15) is 12.0 Å². The standard InChI is InChI=1S/C18H12N2O2/c1-3-7-13(8-4-1)15-11-19-22-17(15)18-20-16(12-21-18)14-9-5-2-6-10-14/h1-12H. The van der Waals surface area contributed by atoms with Crippen LogP contribution in [0.5, 0.6) is 0 Å². The van der Waals surface area contributed by atoms with Crippen molar-refractivity contribution >= 4 is 0 Å². The van der Waals surface area contributed by atoms with E-state index in [0.29, 0.717) is 11.7 Å². The molecule has 2 heterocycles. The molecule has 0 bridgehead atoms. The molecule has 0 saturated heterocycles. The molecule has 0 aliphatic heterocycles. The normalized spacial score (nSPS) is 10.7. The first-order valence-electron chi connectivity index (χ1n) is 6.93. The Morgan fingerprint density at radius 1 is 0.773 bits per heavy atom. The average Bonchev–Trinajstić information content (AvgIpc) is 3.25. The largest absolute Gasteiger partial charge is 0.441 e. The van der Waals surface area contributed by atoms with Gasteiger partial charge < -0.3 is 8.94 Å². The van der Waals surface area contributed by atoms with Crippen LogP contribution in [-0.2, 0) is 0 Å². The van der Waals surface area contributed by atoms with E-state index in [1.807, 2.05) is 60.7 Å². The molecule has 0 saturated carbocycles. The van der Waals surface area contributed by atoms with E-state index in [2.05, 4.69) is 10.1 Å². The summed E-state index contributed by atoms with van der Waals surface area (Å²) in [6.45, 7) is 0. The molecule has 2 aromatic carbocycles. The van der Waals surface area contributed by atoms with Crippen molar-refractivity contribution in [2.45, 2.75) is 0 Å². The van der Waals surface area contributed by atoms with Crippen molar-refractivity contribution in [3.05, 3.63) is 73.1 Å². The third-order valence-electron chi connectivity index (χ3n) is 3.42. The van der Waals surface area contributed by atoms with Gasteiger partial charge in [0.15, 0.2) is 0 Å². The number of hydrogen-bond acceptors (Lipinski definition) is 4. The molecular weight excluding hydrogens is 276 g/mol. The van der Waals surface area contributed by atoms with Crippen LogP contribution in [0.15, 0.2) is 82.1 Å². The molecule has 4 aromatic rings. The van der Waals surface area contributed by atoms with Gasteiger partial charge in [-0.15, -0.1) is 0 Å². The van der Waals surface area contributed by atoms with Gasteiger partial charge in [0, 0.05) is 5.56 Å². The van der Waals surface area contributed by atoms with E-state index in [0.717, 1.165) is 22.4 Å². The SMILES string of the molecule is c1ccc(-c2coc(-c3oncc3-c3ccccc3)n2)cc1. The van der Waals surface area contributed by atoms with Crippen molar-refractivity contribution in [3.63, 3.8) is 0 Å². The van der Waals surface area contributed by atoms with E-state index >= 15 is 0 Å². The Kier molecular flexibility index (Phi) is 3.05. The molecule has 22 heavy (non-hydrogen) atoms.